The third kappa shape index (κ3) is 6.80. The monoisotopic (exact) mass is 569 g/mol. The number of hydrogen-bond donors (Lipinski definition) is 1. The second-order valence-corrected chi connectivity index (χ2v) is 9.95. The van der Waals surface area contributed by atoms with Gasteiger partial charge in [0, 0.05) is 35.5 Å². The number of benzene rings is 3. The van der Waals surface area contributed by atoms with Gasteiger partial charge in [-0.25, -0.2) is 4.98 Å². The molecule has 6 nitrogen and oxygen atoms in total. The van der Waals surface area contributed by atoms with Gasteiger partial charge < -0.3 is 19.4 Å². The fraction of sp³-hybridized carbons (Fsp3) is 0.267. The van der Waals surface area contributed by atoms with E-state index in [1.54, 1.807) is 14.2 Å². The van der Waals surface area contributed by atoms with Crippen molar-refractivity contribution in [1.82, 2.24) is 14.9 Å². The summed E-state index contributed by atoms with van der Waals surface area (Å²) in [4.78, 5) is 17.5. The van der Waals surface area contributed by atoms with Gasteiger partial charge in [-0.15, -0.1) is 0 Å². The number of carbonyl (C=O) groups excluding carboxylic acids is 1. The number of rotatable bonds is 11. The van der Waals surface area contributed by atoms with E-state index in [1.165, 1.54) is 23.9 Å². The summed E-state index contributed by atoms with van der Waals surface area (Å²) < 4.78 is 51.9. The Kier molecular flexibility index (Phi) is 9.42. The van der Waals surface area contributed by atoms with Crippen LogP contribution in [0.2, 0.25) is 0 Å². The molecule has 0 aliphatic rings. The van der Waals surface area contributed by atoms with E-state index >= 15 is 0 Å². The number of nitrogens with zero attached hydrogens (tertiary/aromatic N) is 2. The Bertz CT molecular complexity index is 1440. The lowest BCUT2D eigenvalue weighted by Crippen LogP contribution is -2.26. The first-order chi connectivity index (χ1) is 19.2. The Morgan fingerprint density at radius 3 is 2.15 bits per heavy atom. The first-order valence-corrected chi connectivity index (χ1v) is 13.7. The molecule has 10 heteroatoms. The van der Waals surface area contributed by atoms with Gasteiger partial charge in [0.15, 0.2) is 5.16 Å². The first kappa shape index (κ1) is 29.1. The van der Waals surface area contributed by atoms with Crippen LogP contribution in [0.3, 0.4) is 0 Å². The summed E-state index contributed by atoms with van der Waals surface area (Å²) in [5.74, 6) is 1.42. The van der Waals surface area contributed by atoms with E-state index in [2.05, 4.69) is 16.8 Å². The molecule has 0 bridgehead atoms. The largest absolute Gasteiger partial charge is 0.497 e. The van der Waals surface area contributed by atoms with Gasteiger partial charge in [-0.2, -0.15) is 13.2 Å². The number of aromatic nitrogens is 2. The lowest BCUT2D eigenvalue weighted by atomic mass is 10.0. The SMILES string of the molecule is CCCn1c(SCCNC(=O)c2cccc(C(F)(F)F)c2)nc(-c2ccc(OC)cc2)c1-c1ccc(OC)cc1. The maximum absolute atomic E-state index is 13.0. The van der Waals surface area contributed by atoms with E-state index in [0.29, 0.717) is 5.75 Å². The first-order valence-electron chi connectivity index (χ1n) is 12.7. The van der Waals surface area contributed by atoms with Crippen LogP contribution in [0.15, 0.2) is 78.0 Å². The number of halogens is 3. The molecule has 0 unspecified atom stereocenters. The molecular weight excluding hydrogens is 539 g/mol. The molecule has 4 aromatic rings. The van der Waals surface area contributed by atoms with Crippen molar-refractivity contribution < 1.29 is 27.4 Å². The Balaban J connectivity index is 1.58. The van der Waals surface area contributed by atoms with E-state index in [1.807, 2.05) is 48.5 Å². The highest BCUT2D eigenvalue weighted by Gasteiger charge is 2.31. The zero-order valence-corrected chi connectivity index (χ0v) is 23.2. The van der Waals surface area contributed by atoms with Crippen LogP contribution in [0.1, 0.15) is 29.3 Å². The van der Waals surface area contributed by atoms with Crippen molar-refractivity contribution in [2.45, 2.75) is 31.2 Å². The van der Waals surface area contributed by atoms with Gasteiger partial charge in [0.05, 0.1) is 31.2 Å². The average molecular weight is 570 g/mol. The highest BCUT2D eigenvalue weighted by Crippen LogP contribution is 2.37. The van der Waals surface area contributed by atoms with Gasteiger partial charge >= 0.3 is 6.18 Å². The van der Waals surface area contributed by atoms with Crippen LogP contribution in [0.4, 0.5) is 13.2 Å². The molecule has 0 saturated carbocycles. The minimum Gasteiger partial charge on any atom is -0.497 e. The highest BCUT2D eigenvalue weighted by molar-refractivity contribution is 7.99. The van der Waals surface area contributed by atoms with Crippen molar-refractivity contribution in [2.24, 2.45) is 0 Å². The van der Waals surface area contributed by atoms with E-state index < -0.39 is 17.6 Å². The second-order valence-electron chi connectivity index (χ2n) is 8.88. The number of amides is 1. The smallest absolute Gasteiger partial charge is 0.416 e. The van der Waals surface area contributed by atoms with Crippen LogP contribution in [0.5, 0.6) is 11.5 Å². The molecule has 0 saturated heterocycles. The summed E-state index contributed by atoms with van der Waals surface area (Å²) in [6.07, 6.45) is -3.63. The summed E-state index contributed by atoms with van der Waals surface area (Å²) in [5.41, 5.74) is 2.81. The van der Waals surface area contributed by atoms with E-state index in [-0.39, 0.29) is 12.1 Å². The quantitative estimate of drug-likeness (QED) is 0.153. The van der Waals surface area contributed by atoms with Gasteiger partial charge in [-0.3, -0.25) is 4.79 Å². The minimum absolute atomic E-state index is 0.0316. The van der Waals surface area contributed by atoms with Crippen LogP contribution in [0, 0.1) is 0 Å². The van der Waals surface area contributed by atoms with Crippen molar-refractivity contribution in [2.75, 3.05) is 26.5 Å². The molecular formula is C30H30F3N3O3S. The van der Waals surface area contributed by atoms with Gasteiger partial charge in [0.2, 0.25) is 0 Å². The fourth-order valence-electron chi connectivity index (χ4n) is 4.21. The molecule has 0 fully saturated rings. The van der Waals surface area contributed by atoms with E-state index in [4.69, 9.17) is 14.5 Å². The maximum atomic E-state index is 13.0. The number of imidazole rings is 1. The zero-order chi connectivity index (χ0) is 28.7. The average Bonchev–Trinajstić information content (AvgIpc) is 3.33. The summed E-state index contributed by atoms with van der Waals surface area (Å²) in [6.45, 7) is 3.08. The lowest BCUT2D eigenvalue weighted by Gasteiger charge is -2.13. The predicted octanol–water partition coefficient (Wildman–Crippen LogP) is 7.19. The Morgan fingerprint density at radius 2 is 1.57 bits per heavy atom. The molecule has 1 aromatic heterocycles. The number of alkyl halides is 3. The Hall–Kier alpha value is -3.92. The Morgan fingerprint density at radius 1 is 0.950 bits per heavy atom. The topological polar surface area (TPSA) is 65.4 Å². The Labute approximate surface area is 235 Å². The molecule has 0 aliphatic heterocycles. The third-order valence-corrected chi connectivity index (χ3v) is 7.16. The van der Waals surface area contributed by atoms with Crippen LogP contribution in [-0.4, -0.2) is 42.0 Å². The zero-order valence-electron chi connectivity index (χ0n) is 22.4. The van der Waals surface area contributed by atoms with Crippen molar-refractivity contribution >= 4 is 17.7 Å². The van der Waals surface area contributed by atoms with Crippen molar-refractivity contribution in [3.8, 4) is 34.0 Å². The number of methoxy groups -OCH3 is 2. The molecule has 0 spiro atoms. The van der Waals surface area contributed by atoms with Crippen LogP contribution in [-0.2, 0) is 12.7 Å². The molecule has 1 N–H and O–H groups in total. The second kappa shape index (κ2) is 13.0. The number of hydrogen-bond acceptors (Lipinski definition) is 5. The third-order valence-electron chi connectivity index (χ3n) is 6.18. The predicted molar refractivity (Wildman–Crippen MR) is 151 cm³/mol. The van der Waals surface area contributed by atoms with Crippen LogP contribution in [0.25, 0.3) is 22.5 Å². The van der Waals surface area contributed by atoms with Gasteiger partial charge in [0.1, 0.15) is 11.5 Å². The summed E-state index contributed by atoms with van der Waals surface area (Å²) in [6, 6.07) is 19.9. The van der Waals surface area contributed by atoms with Crippen molar-refractivity contribution in [1.29, 1.82) is 0 Å². The number of carbonyl (C=O) groups is 1. The lowest BCUT2D eigenvalue weighted by molar-refractivity contribution is -0.137. The van der Waals surface area contributed by atoms with E-state index in [0.717, 1.165) is 64.3 Å². The van der Waals surface area contributed by atoms with E-state index in [9.17, 15) is 18.0 Å². The van der Waals surface area contributed by atoms with Gasteiger partial charge in [0.25, 0.3) is 5.91 Å². The number of ether oxygens (including phenoxy) is 2. The summed E-state index contributed by atoms with van der Waals surface area (Å²) >= 11 is 1.48. The van der Waals surface area contributed by atoms with Gasteiger partial charge in [-0.05, 0) is 73.2 Å². The summed E-state index contributed by atoms with van der Waals surface area (Å²) in [5, 5.41) is 3.50. The molecule has 1 heterocycles. The molecule has 3 aromatic carbocycles. The molecule has 40 heavy (non-hydrogen) atoms. The van der Waals surface area contributed by atoms with Crippen molar-refractivity contribution in [3.05, 3.63) is 83.9 Å². The number of nitrogens with one attached hydrogen (secondary N) is 1. The van der Waals surface area contributed by atoms with Gasteiger partial charge in [-0.1, -0.05) is 24.8 Å². The standard InChI is InChI=1S/C30H30F3N3O3S/c1-4-17-36-27(21-10-14-25(39-3)15-11-21)26(20-8-12-24(38-2)13-9-20)35-29(36)40-18-16-34-28(37)22-6-5-7-23(19-22)30(31,32)33/h5-15,19H,4,16-18H2,1-3H3,(H,34,37). The van der Waals surface area contributed by atoms with Crippen LogP contribution >= 0.6 is 11.8 Å². The molecule has 1 amide bonds. The molecule has 4 rings (SSSR count). The fourth-order valence-corrected chi connectivity index (χ4v) is 5.09. The molecule has 0 aliphatic carbocycles. The minimum atomic E-state index is -4.51. The molecule has 0 atom stereocenters. The summed E-state index contributed by atoms with van der Waals surface area (Å²) in [7, 11) is 3.24. The maximum Gasteiger partial charge on any atom is 0.416 e. The molecule has 0 radical (unpaired) electrons. The number of thioether (sulfide) groups is 1. The van der Waals surface area contributed by atoms with Crippen LogP contribution < -0.4 is 14.8 Å². The highest BCUT2D eigenvalue weighted by atomic mass is 32.2. The normalized spacial score (nSPS) is 11.3. The van der Waals surface area contributed by atoms with Crippen molar-refractivity contribution in [3.63, 3.8) is 0 Å². The molecule has 210 valence electrons.